The Balaban J connectivity index is 1.68. The number of hydrogen-bond donors (Lipinski definition) is 2. The molecule has 0 aromatic rings. The Hall–Kier alpha value is -0.770. The molecule has 0 unspecified atom stereocenters. The lowest BCUT2D eigenvalue weighted by atomic mass is 10.1. The average Bonchev–Trinajstić information content (AvgIpc) is 3.03. The van der Waals surface area contributed by atoms with Crippen molar-refractivity contribution < 1.29 is 4.79 Å². The van der Waals surface area contributed by atoms with Crippen LogP contribution in [0.1, 0.15) is 32.6 Å². The van der Waals surface area contributed by atoms with Crippen molar-refractivity contribution in [1.82, 2.24) is 15.5 Å². The number of rotatable bonds is 3. The van der Waals surface area contributed by atoms with E-state index in [1.54, 1.807) is 0 Å². The minimum absolute atomic E-state index is 0.0994. The molecule has 2 N–H and O–H groups in total. The number of piperidine rings is 1. The first-order chi connectivity index (χ1) is 7.29. The highest BCUT2D eigenvalue weighted by Crippen LogP contribution is 2.22. The van der Waals surface area contributed by atoms with Crippen LogP contribution in [-0.4, -0.2) is 42.6 Å². The topological polar surface area (TPSA) is 44.4 Å². The van der Waals surface area contributed by atoms with E-state index >= 15 is 0 Å². The van der Waals surface area contributed by atoms with E-state index < -0.39 is 0 Å². The SMILES string of the molecule is CCNC(=O)N1CCC(NC2CC2)CC1. The van der Waals surface area contributed by atoms with E-state index in [1.165, 1.54) is 12.8 Å². The van der Waals surface area contributed by atoms with Crippen LogP contribution in [0, 0.1) is 0 Å². The molecule has 1 saturated carbocycles. The van der Waals surface area contributed by atoms with Gasteiger partial charge in [-0.05, 0) is 32.6 Å². The number of carbonyl (C=O) groups is 1. The molecule has 0 spiro atoms. The number of hydrogen-bond acceptors (Lipinski definition) is 2. The molecule has 0 bridgehead atoms. The molecule has 2 rings (SSSR count). The number of urea groups is 1. The molecule has 86 valence electrons. The molecule has 2 amide bonds. The van der Waals surface area contributed by atoms with Crippen LogP contribution in [0.4, 0.5) is 4.79 Å². The largest absolute Gasteiger partial charge is 0.338 e. The molecule has 0 aromatic heterocycles. The summed E-state index contributed by atoms with van der Waals surface area (Å²) in [5.41, 5.74) is 0. The molecule has 4 nitrogen and oxygen atoms in total. The third-order valence-electron chi connectivity index (χ3n) is 3.16. The Bertz CT molecular complexity index is 220. The summed E-state index contributed by atoms with van der Waals surface area (Å²) < 4.78 is 0. The first-order valence-corrected chi connectivity index (χ1v) is 6.08. The summed E-state index contributed by atoms with van der Waals surface area (Å²) in [6, 6.07) is 1.52. The molecule has 1 saturated heterocycles. The minimum atomic E-state index is 0.0994. The first-order valence-electron chi connectivity index (χ1n) is 6.08. The van der Waals surface area contributed by atoms with E-state index in [2.05, 4.69) is 10.6 Å². The van der Waals surface area contributed by atoms with Gasteiger partial charge in [0.25, 0.3) is 0 Å². The van der Waals surface area contributed by atoms with Gasteiger partial charge in [-0.1, -0.05) is 0 Å². The molecule has 2 aliphatic rings. The quantitative estimate of drug-likeness (QED) is 0.729. The maximum absolute atomic E-state index is 11.5. The molecule has 1 aliphatic carbocycles. The summed E-state index contributed by atoms with van der Waals surface area (Å²) in [4.78, 5) is 13.5. The second-order valence-corrected chi connectivity index (χ2v) is 4.54. The highest BCUT2D eigenvalue weighted by Gasteiger charge is 2.28. The van der Waals surface area contributed by atoms with Gasteiger partial charge in [0, 0.05) is 31.7 Å². The van der Waals surface area contributed by atoms with Crippen molar-refractivity contribution in [3.63, 3.8) is 0 Å². The van der Waals surface area contributed by atoms with Crippen LogP contribution in [0.15, 0.2) is 0 Å². The van der Waals surface area contributed by atoms with Gasteiger partial charge in [0.1, 0.15) is 0 Å². The summed E-state index contributed by atoms with van der Waals surface area (Å²) in [6.07, 6.45) is 4.90. The van der Waals surface area contributed by atoms with Crippen molar-refractivity contribution >= 4 is 6.03 Å². The van der Waals surface area contributed by atoms with Gasteiger partial charge < -0.3 is 15.5 Å². The normalized spacial score (nSPS) is 22.9. The fourth-order valence-electron chi connectivity index (χ4n) is 2.10. The fraction of sp³-hybridized carbons (Fsp3) is 0.909. The molecule has 2 fully saturated rings. The maximum Gasteiger partial charge on any atom is 0.317 e. The van der Waals surface area contributed by atoms with Crippen LogP contribution in [0.5, 0.6) is 0 Å². The second-order valence-electron chi connectivity index (χ2n) is 4.54. The van der Waals surface area contributed by atoms with Crippen LogP contribution in [0.25, 0.3) is 0 Å². The third-order valence-corrected chi connectivity index (χ3v) is 3.16. The van der Waals surface area contributed by atoms with Crippen molar-refractivity contribution in [2.75, 3.05) is 19.6 Å². The number of carbonyl (C=O) groups excluding carboxylic acids is 1. The van der Waals surface area contributed by atoms with Gasteiger partial charge in [0.2, 0.25) is 0 Å². The Labute approximate surface area is 91.4 Å². The predicted molar refractivity (Wildman–Crippen MR) is 59.8 cm³/mol. The van der Waals surface area contributed by atoms with Crippen molar-refractivity contribution in [2.45, 2.75) is 44.7 Å². The molecule has 15 heavy (non-hydrogen) atoms. The molecule has 0 radical (unpaired) electrons. The standard InChI is InChI=1S/C11H21N3O/c1-2-12-11(15)14-7-5-10(6-8-14)13-9-3-4-9/h9-10,13H,2-8H2,1H3,(H,12,15). The first kappa shape index (κ1) is 10.7. The van der Waals surface area contributed by atoms with Crippen molar-refractivity contribution in [2.24, 2.45) is 0 Å². The van der Waals surface area contributed by atoms with E-state index in [9.17, 15) is 4.79 Å². The van der Waals surface area contributed by atoms with Gasteiger partial charge in [-0.25, -0.2) is 4.79 Å². The summed E-state index contributed by atoms with van der Waals surface area (Å²) >= 11 is 0. The summed E-state index contributed by atoms with van der Waals surface area (Å²) in [5.74, 6) is 0. The Morgan fingerprint density at radius 2 is 1.80 bits per heavy atom. The lowest BCUT2D eigenvalue weighted by molar-refractivity contribution is 0.177. The summed E-state index contributed by atoms with van der Waals surface area (Å²) in [5, 5.41) is 6.48. The zero-order valence-corrected chi connectivity index (χ0v) is 9.46. The summed E-state index contributed by atoms with van der Waals surface area (Å²) in [6.45, 7) is 4.48. The molecular formula is C11H21N3O. The second kappa shape index (κ2) is 4.84. The van der Waals surface area contributed by atoms with Gasteiger partial charge >= 0.3 is 6.03 Å². The van der Waals surface area contributed by atoms with Crippen LogP contribution >= 0.6 is 0 Å². The number of nitrogens with zero attached hydrogens (tertiary/aromatic N) is 1. The molecule has 0 atom stereocenters. The van der Waals surface area contributed by atoms with Crippen LogP contribution < -0.4 is 10.6 Å². The lowest BCUT2D eigenvalue weighted by Gasteiger charge is -2.32. The number of nitrogens with one attached hydrogen (secondary N) is 2. The highest BCUT2D eigenvalue weighted by molar-refractivity contribution is 5.74. The Morgan fingerprint density at radius 3 is 2.33 bits per heavy atom. The lowest BCUT2D eigenvalue weighted by Crippen LogP contribution is -2.48. The zero-order chi connectivity index (χ0) is 10.7. The molecule has 1 aliphatic heterocycles. The molecule has 1 heterocycles. The van der Waals surface area contributed by atoms with Crippen LogP contribution in [-0.2, 0) is 0 Å². The fourth-order valence-corrected chi connectivity index (χ4v) is 2.10. The maximum atomic E-state index is 11.5. The number of likely N-dealkylation sites (tertiary alicyclic amines) is 1. The monoisotopic (exact) mass is 211 g/mol. The van der Waals surface area contributed by atoms with Gasteiger partial charge in [0.05, 0.1) is 0 Å². The van der Waals surface area contributed by atoms with Crippen molar-refractivity contribution in [3.8, 4) is 0 Å². The third kappa shape index (κ3) is 3.09. The molecular weight excluding hydrogens is 190 g/mol. The minimum Gasteiger partial charge on any atom is -0.338 e. The highest BCUT2D eigenvalue weighted by atomic mass is 16.2. The Kier molecular flexibility index (Phi) is 3.46. The van der Waals surface area contributed by atoms with Gasteiger partial charge in [-0.15, -0.1) is 0 Å². The van der Waals surface area contributed by atoms with Crippen molar-refractivity contribution in [1.29, 1.82) is 0 Å². The van der Waals surface area contributed by atoms with Gasteiger partial charge in [-0.3, -0.25) is 0 Å². The van der Waals surface area contributed by atoms with E-state index in [4.69, 9.17) is 0 Å². The van der Waals surface area contributed by atoms with Crippen LogP contribution in [0.2, 0.25) is 0 Å². The van der Waals surface area contributed by atoms with Gasteiger partial charge in [-0.2, -0.15) is 0 Å². The summed E-state index contributed by atoms with van der Waals surface area (Å²) in [7, 11) is 0. The average molecular weight is 211 g/mol. The molecule has 0 aromatic carbocycles. The molecule has 4 heteroatoms. The predicted octanol–water partition coefficient (Wildman–Crippen LogP) is 0.932. The van der Waals surface area contributed by atoms with E-state index in [-0.39, 0.29) is 6.03 Å². The van der Waals surface area contributed by atoms with E-state index in [0.717, 1.165) is 38.5 Å². The number of amides is 2. The van der Waals surface area contributed by atoms with E-state index in [0.29, 0.717) is 6.04 Å². The zero-order valence-electron chi connectivity index (χ0n) is 9.46. The van der Waals surface area contributed by atoms with Crippen molar-refractivity contribution in [3.05, 3.63) is 0 Å². The van der Waals surface area contributed by atoms with Crippen LogP contribution in [0.3, 0.4) is 0 Å². The Morgan fingerprint density at radius 1 is 1.20 bits per heavy atom. The van der Waals surface area contributed by atoms with Gasteiger partial charge in [0.15, 0.2) is 0 Å². The van der Waals surface area contributed by atoms with E-state index in [1.807, 2.05) is 11.8 Å². The smallest absolute Gasteiger partial charge is 0.317 e.